The molecule has 0 saturated carbocycles. The topological polar surface area (TPSA) is 83.6 Å². The Morgan fingerprint density at radius 2 is 2.06 bits per heavy atom. The quantitative estimate of drug-likeness (QED) is 0.753. The van der Waals surface area contributed by atoms with Crippen molar-refractivity contribution in [3.8, 4) is 0 Å². The van der Waals surface area contributed by atoms with Crippen LogP contribution in [-0.4, -0.2) is 41.5 Å². The van der Waals surface area contributed by atoms with Gasteiger partial charge in [0.2, 0.25) is 5.91 Å². The van der Waals surface area contributed by atoms with E-state index >= 15 is 0 Å². The first kappa shape index (κ1) is 12.6. The maximum atomic E-state index is 10.9. The van der Waals surface area contributed by atoms with Gasteiger partial charge < -0.3 is 10.8 Å². The van der Waals surface area contributed by atoms with Gasteiger partial charge in [0.15, 0.2) is 0 Å². The third kappa shape index (κ3) is 2.87. The normalized spacial score (nSPS) is 17.1. The predicted octanol–water partition coefficient (Wildman–Crippen LogP) is 0.198. The first-order valence-corrected chi connectivity index (χ1v) is 5.86. The molecular weight excluding hydrogens is 232 g/mol. The van der Waals surface area contributed by atoms with E-state index in [9.17, 15) is 9.59 Å². The molecule has 0 saturated heterocycles. The molecule has 0 aliphatic heterocycles. The van der Waals surface area contributed by atoms with Gasteiger partial charge in [0.1, 0.15) is 0 Å². The van der Waals surface area contributed by atoms with Gasteiger partial charge in [-0.25, -0.2) is 0 Å². The van der Waals surface area contributed by atoms with Gasteiger partial charge in [0, 0.05) is 12.5 Å². The number of carbonyl (C=O) groups excluding carboxylic acids is 1. The van der Waals surface area contributed by atoms with E-state index in [4.69, 9.17) is 10.8 Å². The van der Waals surface area contributed by atoms with Gasteiger partial charge in [-0.05, 0) is 17.5 Å². The summed E-state index contributed by atoms with van der Waals surface area (Å²) in [6, 6.07) is 8.09. The van der Waals surface area contributed by atoms with Crippen LogP contribution in [0.1, 0.15) is 17.0 Å². The van der Waals surface area contributed by atoms with Crippen molar-refractivity contribution in [2.45, 2.75) is 12.3 Å². The molecule has 18 heavy (non-hydrogen) atoms. The summed E-state index contributed by atoms with van der Waals surface area (Å²) in [6.45, 7) is 0.402. The fraction of sp³-hybridized carbons (Fsp3) is 0.385. The maximum Gasteiger partial charge on any atom is 0.317 e. The molecule has 1 aliphatic rings. The summed E-state index contributed by atoms with van der Waals surface area (Å²) in [4.78, 5) is 23.2. The van der Waals surface area contributed by atoms with Gasteiger partial charge >= 0.3 is 5.97 Å². The van der Waals surface area contributed by atoms with Crippen LogP contribution in [0.4, 0.5) is 0 Å². The summed E-state index contributed by atoms with van der Waals surface area (Å²) in [6.07, 6.45) is 0.936. The summed E-state index contributed by atoms with van der Waals surface area (Å²) in [5.74, 6) is -1.13. The second kappa shape index (κ2) is 5.18. The number of hydrogen-bond acceptors (Lipinski definition) is 3. The van der Waals surface area contributed by atoms with Gasteiger partial charge in [-0.1, -0.05) is 24.3 Å². The molecule has 0 spiro atoms. The van der Waals surface area contributed by atoms with E-state index in [-0.39, 0.29) is 13.1 Å². The number of hydrogen-bond donors (Lipinski definition) is 2. The van der Waals surface area contributed by atoms with Crippen LogP contribution >= 0.6 is 0 Å². The largest absolute Gasteiger partial charge is 0.480 e. The summed E-state index contributed by atoms with van der Waals surface area (Å²) < 4.78 is 0. The van der Waals surface area contributed by atoms with Crippen LogP contribution in [0.3, 0.4) is 0 Å². The second-order valence-electron chi connectivity index (χ2n) is 4.63. The van der Waals surface area contributed by atoms with E-state index in [2.05, 4.69) is 6.07 Å². The summed E-state index contributed by atoms with van der Waals surface area (Å²) in [7, 11) is 0. The second-order valence-corrected chi connectivity index (χ2v) is 4.63. The van der Waals surface area contributed by atoms with Crippen molar-refractivity contribution in [2.24, 2.45) is 5.73 Å². The van der Waals surface area contributed by atoms with Crippen LogP contribution in [0.25, 0.3) is 0 Å². The molecule has 5 nitrogen and oxygen atoms in total. The molecule has 1 aliphatic carbocycles. The highest BCUT2D eigenvalue weighted by molar-refractivity contribution is 5.77. The summed E-state index contributed by atoms with van der Waals surface area (Å²) in [5.41, 5.74) is 7.68. The van der Waals surface area contributed by atoms with E-state index < -0.39 is 11.9 Å². The van der Waals surface area contributed by atoms with Gasteiger partial charge in [-0.3, -0.25) is 14.5 Å². The van der Waals surface area contributed by atoms with Crippen molar-refractivity contribution in [1.29, 1.82) is 0 Å². The molecule has 0 fully saturated rings. The van der Waals surface area contributed by atoms with E-state index in [0.29, 0.717) is 12.5 Å². The Hall–Kier alpha value is -1.88. The Morgan fingerprint density at radius 3 is 2.67 bits per heavy atom. The minimum absolute atomic E-state index is 0.00896. The zero-order chi connectivity index (χ0) is 13.1. The molecular formula is C13H16N2O3. The Bertz CT molecular complexity index is 457. The predicted molar refractivity (Wildman–Crippen MR) is 66.2 cm³/mol. The van der Waals surface area contributed by atoms with Crippen LogP contribution in [0.5, 0.6) is 0 Å². The van der Waals surface area contributed by atoms with E-state index in [1.807, 2.05) is 18.2 Å². The maximum absolute atomic E-state index is 10.9. The number of aliphatic carboxylic acids is 1. The molecule has 0 bridgehead atoms. The van der Waals surface area contributed by atoms with Crippen LogP contribution in [-0.2, 0) is 16.0 Å². The molecule has 1 amide bonds. The highest BCUT2D eigenvalue weighted by atomic mass is 16.4. The number of primary amides is 1. The van der Waals surface area contributed by atoms with Crippen LogP contribution in [0.15, 0.2) is 24.3 Å². The molecule has 0 aromatic heterocycles. The van der Waals surface area contributed by atoms with Crippen LogP contribution in [0.2, 0.25) is 0 Å². The molecule has 1 atom stereocenters. The Labute approximate surface area is 105 Å². The number of nitrogens with two attached hydrogens (primary N) is 1. The molecule has 0 radical (unpaired) electrons. The standard InChI is InChI=1S/C13H16N2O3/c14-12(16)7-15(8-13(17)18)6-10-5-9-3-1-2-4-11(9)10/h1-4,10H,5-8H2,(H2,14,16)(H,17,18). The summed E-state index contributed by atoms with van der Waals surface area (Å²) >= 11 is 0. The number of fused-ring (bicyclic) bond motifs is 1. The number of carboxylic acids is 1. The van der Waals surface area contributed by atoms with E-state index in [1.54, 1.807) is 4.90 Å². The number of carboxylic acid groups (broad SMARTS) is 1. The molecule has 96 valence electrons. The van der Waals surface area contributed by atoms with Crippen LogP contribution in [0, 0.1) is 0 Å². The van der Waals surface area contributed by atoms with Gasteiger partial charge in [-0.15, -0.1) is 0 Å². The molecule has 5 heteroatoms. The molecule has 1 aromatic rings. The third-order valence-electron chi connectivity index (χ3n) is 3.18. The Morgan fingerprint density at radius 1 is 1.33 bits per heavy atom. The molecule has 0 heterocycles. The number of benzene rings is 1. The highest BCUT2D eigenvalue weighted by Gasteiger charge is 2.28. The van der Waals surface area contributed by atoms with Crippen molar-refractivity contribution in [3.05, 3.63) is 35.4 Å². The number of carbonyl (C=O) groups is 2. The highest BCUT2D eigenvalue weighted by Crippen LogP contribution is 2.35. The lowest BCUT2D eigenvalue weighted by Gasteiger charge is -2.33. The van der Waals surface area contributed by atoms with Crippen molar-refractivity contribution in [3.63, 3.8) is 0 Å². The SMILES string of the molecule is NC(=O)CN(CC(=O)O)CC1Cc2ccccc21. The zero-order valence-corrected chi connectivity index (χ0v) is 10.0. The van der Waals surface area contributed by atoms with Crippen molar-refractivity contribution >= 4 is 11.9 Å². The fourth-order valence-corrected chi connectivity index (χ4v) is 2.43. The molecule has 1 unspecified atom stereocenters. The average Bonchev–Trinajstić information content (AvgIpc) is 2.24. The Kier molecular flexibility index (Phi) is 3.62. The first-order valence-electron chi connectivity index (χ1n) is 5.86. The Balaban J connectivity index is 1.98. The minimum atomic E-state index is -0.941. The third-order valence-corrected chi connectivity index (χ3v) is 3.18. The van der Waals surface area contributed by atoms with Crippen molar-refractivity contribution in [2.75, 3.05) is 19.6 Å². The zero-order valence-electron chi connectivity index (χ0n) is 10.0. The smallest absolute Gasteiger partial charge is 0.317 e. The van der Waals surface area contributed by atoms with E-state index in [0.717, 1.165) is 6.42 Å². The van der Waals surface area contributed by atoms with Gasteiger partial charge in [0.05, 0.1) is 13.1 Å². The number of amides is 1. The average molecular weight is 248 g/mol. The molecule has 2 rings (SSSR count). The van der Waals surface area contributed by atoms with Crippen molar-refractivity contribution < 1.29 is 14.7 Å². The van der Waals surface area contributed by atoms with Crippen LogP contribution < -0.4 is 5.73 Å². The lowest BCUT2D eigenvalue weighted by atomic mass is 9.77. The fourth-order valence-electron chi connectivity index (χ4n) is 2.43. The minimum Gasteiger partial charge on any atom is -0.480 e. The van der Waals surface area contributed by atoms with Gasteiger partial charge in [0.25, 0.3) is 0 Å². The lowest BCUT2D eigenvalue weighted by molar-refractivity contribution is -0.138. The first-order chi connectivity index (χ1) is 8.56. The lowest BCUT2D eigenvalue weighted by Crippen LogP contribution is -2.41. The monoisotopic (exact) mass is 248 g/mol. The molecule has 1 aromatic carbocycles. The number of rotatable bonds is 6. The summed E-state index contributed by atoms with van der Waals surface area (Å²) in [5, 5.41) is 8.80. The van der Waals surface area contributed by atoms with Crippen molar-refractivity contribution in [1.82, 2.24) is 4.90 Å². The number of nitrogens with zero attached hydrogens (tertiary/aromatic N) is 1. The molecule has 3 N–H and O–H groups in total. The van der Waals surface area contributed by atoms with E-state index in [1.165, 1.54) is 11.1 Å². The van der Waals surface area contributed by atoms with Gasteiger partial charge in [-0.2, -0.15) is 0 Å².